The van der Waals surface area contributed by atoms with E-state index in [1.807, 2.05) is 36.4 Å². The van der Waals surface area contributed by atoms with E-state index in [2.05, 4.69) is 5.32 Å². The first-order valence-electron chi connectivity index (χ1n) is 7.65. The molecule has 3 aromatic rings. The van der Waals surface area contributed by atoms with Crippen LogP contribution < -0.4 is 5.32 Å². The monoisotopic (exact) mass is 380 g/mol. The number of halogens is 1. The number of hydrogen-bond acceptors (Lipinski definition) is 4. The number of hydrogen-bond donors (Lipinski definition) is 1. The van der Waals surface area contributed by atoms with Crippen molar-refractivity contribution < 1.29 is 9.21 Å². The van der Waals surface area contributed by atoms with E-state index < -0.39 is 5.91 Å². The van der Waals surface area contributed by atoms with Gasteiger partial charge in [-0.2, -0.15) is 5.26 Å². The van der Waals surface area contributed by atoms with Crippen LogP contribution >= 0.6 is 23.4 Å². The van der Waals surface area contributed by atoms with Crippen LogP contribution in [0.3, 0.4) is 0 Å². The maximum atomic E-state index is 12.3. The summed E-state index contributed by atoms with van der Waals surface area (Å²) in [7, 11) is 0. The van der Waals surface area contributed by atoms with Crippen molar-refractivity contribution >= 4 is 41.0 Å². The van der Waals surface area contributed by atoms with Gasteiger partial charge in [0.2, 0.25) is 0 Å². The van der Waals surface area contributed by atoms with E-state index >= 15 is 0 Å². The molecule has 1 aromatic heterocycles. The Morgan fingerprint density at radius 2 is 1.92 bits per heavy atom. The van der Waals surface area contributed by atoms with Gasteiger partial charge in [0.1, 0.15) is 17.4 Å². The summed E-state index contributed by atoms with van der Waals surface area (Å²) in [6, 6.07) is 21.9. The Kier molecular flexibility index (Phi) is 5.80. The van der Waals surface area contributed by atoms with Gasteiger partial charge in [-0.25, -0.2) is 0 Å². The Hall–Kier alpha value is -2.94. The molecule has 26 heavy (non-hydrogen) atoms. The highest BCUT2D eigenvalue weighted by atomic mass is 35.5. The van der Waals surface area contributed by atoms with Crippen LogP contribution in [0.4, 0.5) is 5.69 Å². The van der Waals surface area contributed by atoms with Gasteiger partial charge in [-0.05, 0) is 42.5 Å². The molecule has 0 unspecified atom stereocenters. The van der Waals surface area contributed by atoms with Crippen molar-refractivity contribution in [2.75, 3.05) is 5.32 Å². The molecule has 2 aromatic carbocycles. The van der Waals surface area contributed by atoms with E-state index in [-0.39, 0.29) is 5.57 Å². The molecule has 6 heteroatoms. The minimum absolute atomic E-state index is 0.0596. The molecule has 128 valence electrons. The predicted molar refractivity (Wildman–Crippen MR) is 103 cm³/mol. The van der Waals surface area contributed by atoms with Gasteiger partial charge in [-0.3, -0.25) is 4.79 Å². The van der Waals surface area contributed by atoms with Crippen LogP contribution in [0.15, 0.2) is 86.7 Å². The Morgan fingerprint density at radius 3 is 2.65 bits per heavy atom. The van der Waals surface area contributed by atoms with Gasteiger partial charge in [-0.1, -0.05) is 47.6 Å². The number of nitriles is 1. The van der Waals surface area contributed by atoms with Crippen molar-refractivity contribution in [3.63, 3.8) is 0 Å². The van der Waals surface area contributed by atoms with Crippen LogP contribution in [0, 0.1) is 11.3 Å². The topological polar surface area (TPSA) is 66.0 Å². The lowest BCUT2D eigenvalue weighted by Gasteiger charge is -2.04. The fraction of sp³-hybridized carbons (Fsp3) is 0. The van der Waals surface area contributed by atoms with E-state index in [9.17, 15) is 10.1 Å². The molecule has 0 saturated heterocycles. The lowest BCUT2D eigenvalue weighted by atomic mass is 10.2. The first-order valence-corrected chi connectivity index (χ1v) is 8.85. The summed E-state index contributed by atoms with van der Waals surface area (Å²) in [5.74, 6) is -0.0929. The molecule has 0 saturated carbocycles. The lowest BCUT2D eigenvalue weighted by Crippen LogP contribution is -2.13. The highest BCUT2D eigenvalue weighted by Crippen LogP contribution is 2.29. The highest BCUT2D eigenvalue weighted by Gasteiger charge is 2.11. The Labute approximate surface area is 160 Å². The lowest BCUT2D eigenvalue weighted by molar-refractivity contribution is -0.112. The quantitative estimate of drug-likeness (QED) is 0.460. The smallest absolute Gasteiger partial charge is 0.266 e. The average Bonchev–Trinajstić information content (AvgIpc) is 3.07. The number of carbonyl (C=O) groups excluding carboxylic acids is 1. The molecule has 4 nitrogen and oxygen atoms in total. The molecule has 0 aliphatic rings. The Balaban J connectivity index is 1.72. The molecule has 0 radical (unpaired) electrons. The maximum Gasteiger partial charge on any atom is 0.266 e. The Bertz CT molecular complexity index is 990. The van der Waals surface area contributed by atoms with Crippen LogP contribution in [0.2, 0.25) is 5.02 Å². The van der Waals surface area contributed by atoms with Gasteiger partial charge in [-0.15, -0.1) is 0 Å². The number of rotatable bonds is 5. The Morgan fingerprint density at radius 1 is 1.12 bits per heavy atom. The van der Waals surface area contributed by atoms with Gasteiger partial charge < -0.3 is 9.73 Å². The number of benzene rings is 2. The van der Waals surface area contributed by atoms with Crippen molar-refractivity contribution in [1.82, 2.24) is 0 Å². The standard InChI is InChI=1S/C20H13ClN2O2S/c21-15-5-4-6-16(12-15)23-20(24)14(13-22)11-17-9-10-19(25-17)26-18-7-2-1-3-8-18/h1-12H,(H,23,24)/b14-11-. The molecule has 1 N–H and O–H groups in total. The van der Waals surface area contributed by atoms with E-state index in [0.717, 1.165) is 4.90 Å². The van der Waals surface area contributed by atoms with Gasteiger partial charge >= 0.3 is 0 Å². The zero-order valence-corrected chi connectivity index (χ0v) is 15.1. The molecule has 3 rings (SSSR count). The van der Waals surface area contributed by atoms with Crippen molar-refractivity contribution in [3.05, 3.63) is 83.1 Å². The van der Waals surface area contributed by atoms with Crippen molar-refractivity contribution in [3.8, 4) is 6.07 Å². The zero-order valence-electron chi connectivity index (χ0n) is 13.5. The van der Waals surface area contributed by atoms with Crippen LogP contribution in [-0.4, -0.2) is 5.91 Å². The van der Waals surface area contributed by atoms with E-state index in [4.69, 9.17) is 16.0 Å². The number of nitrogens with zero attached hydrogens (tertiary/aromatic N) is 1. The molecule has 0 aliphatic carbocycles. The van der Waals surface area contributed by atoms with Crippen molar-refractivity contribution in [2.45, 2.75) is 9.99 Å². The maximum absolute atomic E-state index is 12.3. The van der Waals surface area contributed by atoms with Crippen LogP contribution in [0.5, 0.6) is 0 Å². The SMILES string of the molecule is N#C/C(=C/c1ccc(Sc2ccccc2)o1)C(=O)Nc1cccc(Cl)c1. The third kappa shape index (κ3) is 4.79. The van der Waals surface area contributed by atoms with Crippen LogP contribution in [-0.2, 0) is 4.79 Å². The van der Waals surface area contributed by atoms with E-state index in [1.165, 1.54) is 17.8 Å². The van der Waals surface area contributed by atoms with Gasteiger partial charge in [0, 0.05) is 21.7 Å². The summed E-state index contributed by atoms with van der Waals surface area (Å²) in [5, 5.41) is 13.1. The number of furan rings is 1. The summed E-state index contributed by atoms with van der Waals surface area (Å²) < 4.78 is 5.67. The minimum Gasteiger partial charge on any atom is -0.450 e. The normalized spacial score (nSPS) is 11.0. The summed E-state index contributed by atoms with van der Waals surface area (Å²) in [4.78, 5) is 13.3. The largest absolute Gasteiger partial charge is 0.450 e. The zero-order chi connectivity index (χ0) is 18.4. The third-order valence-electron chi connectivity index (χ3n) is 3.30. The summed E-state index contributed by atoms with van der Waals surface area (Å²) in [5.41, 5.74) is 0.457. The molecule has 0 aliphatic heterocycles. The molecule has 0 bridgehead atoms. The summed E-state index contributed by atoms with van der Waals surface area (Å²) in [6.07, 6.45) is 1.41. The van der Waals surface area contributed by atoms with Crippen molar-refractivity contribution in [2.24, 2.45) is 0 Å². The molecular formula is C20H13ClN2O2S. The van der Waals surface area contributed by atoms with Gasteiger partial charge in [0.25, 0.3) is 5.91 Å². The number of nitrogens with one attached hydrogen (secondary N) is 1. The minimum atomic E-state index is -0.525. The molecule has 0 atom stereocenters. The second-order valence-corrected chi connectivity index (χ2v) is 6.72. The van der Waals surface area contributed by atoms with Crippen LogP contribution in [0.25, 0.3) is 6.08 Å². The fourth-order valence-corrected chi connectivity index (χ4v) is 3.12. The molecular weight excluding hydrogens is 368 g/mol. The first kappa shape index (κ1) is 17.9. The van der Waals surface area contributed by atoms with E-state index in [0.29, 0.717) is 21.6 Å². The molecule has 0 spiro atoms. The van der Waals surface area contributed by atoms with E-state index in [1.54, 1.807) is 36.4 Å². The predicted octanol–water partition coefficient (Wildman–Crippen LogP) is 5.63. The number of amides is 1. The number of carbonyl (C=O) groups is 1. The molecule has 0 fully saturated rings. The first-order chi connectivity index (χ1) is 12.6. The summed E-state index contributed by atoms with van der Waals surface area (Å²) in [6.45, 7) is 0. The second kappa shape index (κ2) is 8.43. The fourth-order valence-electron chi connectivity index (χ4n) is 2.13. The van der Waals surface area contributed by atoms with Gasteiger partial charge in [0.15, 0.2) is 5.09 Å². The third-order valence-corrected chi connectivity index (χ3v) is 4.46. The second-order valence-electron chi connectivity index (χ2n) is 5.21. The van der Waals surface area contributed by atoms with Crippen LogP contribution in [0.1, 0.15) is 5.76 Å². The molecule has 1 heterocycles. The molecule has 1 amide bonds. The van der Waals surface area contributed by atoms with Crippen molar-refractivity contribution in [1.29, 1.82) is 5.26 Å². The highest BCUT2D eigenvalue weighted by molar-refractivity contribution is 7.99. The number of anilines is 1. The average molecular weight is 381 g/mol. The van der Waals surface area contributed by atoms with Gasteiger partial charge in [0.05, 0.1) is 0 Å². The summed E-state index contributed by atoms with van der Waals surface area (Å²) >= 11 is 7.35.